The topological polar surface area (TPSA) is 0 Å². The molecule has 0 nitrogen and oxygen atoms in total. The Labute approximate surface area is 88.5 Å². The lowest BCUT2D eigenvalue weighted by Crippen LogP contribution is -1.87. The largest absolute Gasteiger partial charge is 0.233 e. The quantitative estimate of drug-likeness (QED) is 0.751. The summed E-state index contributed by atoms with van der Waals surface area (Å²) < 4.78 is 0. The molecule has 0 saturated heterocycles. The van der Waals surface area contributed by atoms with Crippen molar-refractivity contribution >= 4 is 22.7 Å². The molecule has 1 rings (SSSR count). The van der Waals surface area contributed by atoms with Crippen molar-refractivity contribution < 1.29 is 0 Å². The maximum atomic E-state index is 2.30. The van der Waals surface area contributed by atoms with Crippen LogP contribution >= 0.6 is 22.7 Å². The van der Waals surface area contributed by atoms with Crippen LogP contribution in [0.2, 0.25) is 0 Å². The van der Waals surface area contributed by atoms with E-state index in [2.05, 4.69) is 43.0 Å². The van der Waals surface area contributed by atoms with Crippen molar-refractivity contribution in [3.8, 4) is 0 Å². The van der Waals surface area contributed by atoms with Crippen LogP contribution in [0.5, 0.6) is 0 Å². The molecule has 1 aromatic rings. The molecule has 0 N–H and O–H groups in total. The van der Waals surface area contributed by atoms with Crippen molar-refractivity contribution in [3.05, 3.63) is 29.8 Å². The predicted octanol–water partition coefficient (Wildman–Crippen LogP) is 3.21. The lowest BCUT2D eigenvalue weighted by atomic mass is 10.2. The zero-order valence-corrected chi connectivity index (χ0v) is 10.3. The van der Waals surface area contributed by atoms with Gasteiger partial charge >= 0.3 is 0 Å². The summed E-state index contributed by atoms with van der Waals surface area (Å²) in [5.41, 5.74) is 1.47. The second-order valence-corrected chi connectivity index (χ2v) is 6.59. The van der Waals surface area contributed by atoms with Gasteiger partial charge in [-0.05, 0) is 41.4 Å². The summed E-state index contributed by atoms with van der Waals surface area (Å²) in [5.74, 6) is 1.23. The third-order valence-corrected chi connectivity index (χ3v) is 3.99. The SMILES string of the molecule is CSCCc1ccc([SH](C)C)cc1. The highest BCUT2D eigenvalue weighted by molar-refractivity contribution is 8.15. The molecule has 0 fully saturated rings. The van der Waals surface area contributed by atoms with Crippen LogP contribution < -0.4 is 0 Å². The van der Waals surface area contributed by atoms with E-state index >= 15 is 0 Å². The third kappa shape index (κ3) is 3.65. The second kappa shape index (κ2) is 5.61. The Hall–Kier alpha value is -0.0800. The van der Waals surface area contributed by atoms with Crippen LogP contribution in [0.3, 0.4) is 0 Å². The van der Waals surface area contributed by atoms with Crippen molar-refractivity contribution in [2.45, 2.75) is 11.3 Å². The maximum absolute atomic E-state index is 2.30. The highest BCUT2D eigenvalue weighted by Gasteiger charge is 1.95. The first kappa shape index (κ1) is 11.0. The Morgan fingerprint density at radius 2 is 1.77 bits per heavy atom. The fourth-order valence-corrected chi connectivity index (χ4v) is 2.37. The van der Waals surface area contributed by atoms with E-state index < -0.39 is 0 Å². The van der Waals surface area contributed by atoms with E-state index in [1.807, 2.05) is 11.8 Å². The Morgan fingerprint density at radius 3 is 2.23 bits per heavy atom. The molecule has 2 heteroatoms. The number of benzene rings is 1. The summed E-state index contributed by atoms with van der Waals surface area (Å²) in [7, 11) is 0.0739. The normalized spacial score (nSPS) is 11.5. The Balaban J connectivity index is 2.59. The standard InChI is InChI=1S/C11H18S2/c1-12-9-8-10-4-6-11(7-5-10)13(2)3/h4-7,13H,8-9H2,1-3H3. The van der Waals surface area contributed by atoms with E-state index in [0.717, 1.165) is 0 Å². The highest BCUT2D eigenvalue weighted by atomic mass is 32.2. The lowest BCUT2D eigenvalue weighted by Gasteiger charge is -2.09. The summed E-state index contributed by atoms with van der Waals surface area (Å²) >= 11 is 1.91. The first-order chi connectivity index (χ1) is 6.24. The molecule has 0 unspecified atom stereocenters. The van der Waals surface area contributed by atoms with E-state index in [1.54, 1.807) is 0 Å². The van der Waals surface area contributed by atoms with Crippen LogP contribution in [0.15, 0.2) is 29.2 Å². The van der Waals surface area contributed by atoms with E-state index in [-0.39, 0.29) is 10.9 Å². The average Bonchev–Trinajstić information content (AvgIpc) is 2.15. The summed E-state index contributed by atoms with van der Waals surface area (Å²) in [5, 5.41) is 0. The highest BCUT2D eigenvalue weighted by Crippen LogP contribution is 2.27. The van der Waals surface area contributed by atoms with E-state index in [0.29, 0.717) is 0 Å². The lowest BCUT2D eigenvalue weighted by molar-refractivity contribution is 1.15. The number of thioether (sulfide) groups is 1. The smallest absolute Gasteiger partial charge is 0.00298 e. The molecule has 1 aromatic carbocycles. The molecule has 0 saturated carbocycles. The minimum absolute atomic E-state index is 0.0739. The molecule has 0 amide bonds. The molecule has 0 aliphatic heterocycles. The van der Waals surface area contributed by atoms with Gasteiger partial charge in [0.15, 0.2) is 0 Å². The molecule has 0 heterocycles. The maximum Gasteiger partial charge on any atom is -0.00298 e. The van der Waals surface area contributed by atoms with Gasteiger partial charge in [-0.25, -0.2) is 10.9 Å². The van der Waals surface area contributed by atoms with E-state index in [4.69, 9.17) is 0 Å². The van der Waals surface area contributed by atoms with Crippen molar-refractivity contribution in [2.24, 2.45) is 0 Å². The molecule has 13 heavy (non-hydrogen) atoms. The monoisotopic (exact) mass is 214 g/mol. The van der Waals surface area contributed by atoms with Gasteiger partial charge in [0.1, 0.15) is 0 Å². The number of thiol groups is 1. The second-order valence-electron chi connectivity index (χ2n) is 3.30. The number of aryl methyl sites for hydroxylation is 1. The van der Waals surface area contributed by atoms with Crippen LogP contribution in [-0.4, -0.2) is 24.5 Å². The van der Waals surface area contributed by atoms with Crippen molar-refractivity contribution in [1.29, 1.82) is 0 Å². The molecule has 0 aliphatic carbocycles. The molecule has 0 bridgehead atoms. The molecular formula is C11H18S2. The van der Waals surface area contributed by atoms with Crippen LogP contribution in [-0.2, 0) is 6.42 Å². The van der Waals surface area contributed by atoms with Crippen molar-refractivity contribution in [1.82, 2.24) is 0 Å². The van der Waals surface area contributed by atoms with Gasteiger partial charge in [-0.1, -0.05) is 24.3 Å². The fourth-order valence-electron chi connectivity index (χ4n) is 1.18. The molecule has 0 atom stereocenters. The van der Waals surface area contributed by atoms with Crippen LogP contribution in [0.1, 0.15) is 5.56 Å². The first-order valence-electron chi connectivity index (χ1n) is 4.49. The molecule has 0 spiro atoms. The number of hydrogen-bond donors (Lipinski definition) is 1. The summed E-state index contributed by atoms with van der Waals surface area (Å²) in [6, 6.07) is 9.10. The van der Waals surface area contributed by atoms with Crippen molar-refractivity contribution in [3.63, 3.8) is 0 Å². The predicted molar refractivity (Wildman–Crippen MR) is 67.6 cm³/mol. The van der Waals surface area contributed by atoms with Gasteiger partial charge in [-0.15, -0.1) is 0 Å². The number of rotatable bonds is 4. The van der Waals surface area contributed by atoms with Crippen molar-refractivity contribution in [2.75, 3.05) is 24.5 Å². The van der Waals surface area contributed by atoms with Gasteiger partial charge in [0, 0.05) is 0 Å². The zero-order chi connectivity index (χ0) is 9.68. The minimum atomic E-state index is 0.0739. The molecule has 0 aliphatic rings. The third-order valence-electron chi connectivity index (χ3n) is 2.05. The minimum Gasteiger partial charge on any atom is -0.233 e. The average molecular weight is 214 g/mol. The van der Waals surface area contributed by atoms with Gasteiger partial charge in [-0.3, -0.25) is 0 Å². The Bertz CT molecular complexity index is 239. The van der Waals surface area contributed by atoms with Crippen LogP contribution in [0.25, 0.3) is 0 Å². The van der Waals surface area contributed by atoms with Crippen LogP contribution in [0, 0.1) is 0 Å². The van der Waals surface area contributed by atoms with E-state index in [9.17, 15) is 0 Å². The van der Waals surface area contributed by atoms with Crippen LogP contribution in [0.4, 0.5) is 0 Å². The first-order valence-corrected chi connectivity index (χ1v) is 8.12. The molecule has 0 aromatic heterocycles. The molecular weight excluding hydrogens is 196 g/mol. The van der Waals surface area contributed by atoms with Gasteiger partial charge in [0.2, 0.25) is 0 Å². The fraction of sp³-hybridized carbons (Fsp3) is 0.455. The van der Waals surface area contributed by atoms with Gasteiger partial charge < -0.3 is 0 Å². The summed E-state index contributed by atoms with van der Waals surface area (Å²) in [4.78, 5) is 1.50. The Kier molecular flexibility index (Phi) is 4.74. The van der Waals surface area contributed by atoms with E-state index in [1.165, 1.54) is 22.6 Å². The molecule has 0 radical (unpaired) electrons. The summed E-state index contributed by atoms with van der Waals surface area (Å²) in [6.07, 6.45) is 7.96. The molecule has 74 valence electrons. The Morgan fingerprint density at radius 1 is 1.15 bits per heavy atom. The number of hydrogen-bond acceptors (Lipinski definition) is 1. The zero-order valence-electron chi connectivity index (χ0n) is 8.58. The summed E-state index contributed by atoms with van der Waals surface area (Å²) in [6.45, 7) is 0. The van der Waals surface area contributed by atoms with Gasteiger partial charge in [0.25, 0.3) is 0 Å². The van der Waals surface area contributed by atoms with Gasteiger partial charge in [0.05, 0.1) is 0 Å². The van der Waals surface area contributed by atoms with Gasteiger partial charge in [-0.2, -0.15) is 11.8 Å².